The molecule has 24 heavy (non-hydrogen) atoms. The zero-order valence-electron chi connectivity index (χ0n) is 13.9. The molecule has 0 saturated carbocycles. The summed E-state index contributed by atoms with van der Waals surface area (Å²) in [6.07, 6.45) is 5.40. The van der Waals surface area contributed by atoms with Gasteiger partial charge in [0, 0.05) is 39.3 Å². The molecule has 3 rings (SSSR count). The Morgan fingerprint density at radius 3 is 2.79 bits per heavy atom. The van der Waals surface area contributed by atoms with Crippen molar-refractivity contribution in [3.05, 3.63) is 53.7 Å². The Bertz CT molecular complexity index is 801. The van der Waals surface area contributed by atoms with Crippen molar-refractivity contribution in [1.29, 1.82) is 0 Å². The van der Waals surface area contributed by atoms with Gasteiger partial charge < -0.3 is 14.2 Å². The topological polar surface area (TPSA) is 77.2 Å². The molecule has 0 radical (unpaired) electrons. The van der Waals surface area contributed by atoms with Crippen molar-refractivity contribution < 1.29 is 9.26 Å². The van der Waals surface area contributed by atoms with Crippen molar-refractivity contribution in [2.75, 3.05) is 19.1 Å². The Morgan fingerprint density at radius 1 is 1.21 bits per heavy atom. The number of rotatable bonds is 6. The fraction of sp³-hybridized carbons (Fsp3) is 0.294. The first kappa shape index (κ1) is 16.1. The Kier molecular flexibility index (Phi) is 4.81. The van der Waals surface area contributed by atoms with Crippen LogP contribution in [0.15, 0.2) is 41.3 Å². The summed E-state index contributed by atoms with van der Waals surface area (Å²) in [4.78, 5) is 14.9. The van der Waals surface area contributed by atoms with Gasteiger partial charge in [0.25, 0.3) is 5.89 Å². The first-order valence-electron chi connectivity index (χ1n) is 7.56. The van der Waals surface area contributed by atoms with Gasteiger partial charge in [-0.05, 0) is 36.2 Å². The van der Waals surface area contributed by atoms with E-state index in [0.29, 0.717) is 18.3 Å². The molecule has 3 aromatic rings. The van der Waals surface area contributed by atoms with Crippen molar-refractivity contribution in [1.82, 2.24) is 20.1 Å². The van der Waals surface area contributed by atoms with Crippen molar-refractivity contribution in [3.63, 3.8) is 0 Å². The highest BCUT2D eigenvalue weighted by molar-refractivity contribution is 5.54. The second-order valence-corrected chi connectivity index (χ2v) is 5.51. The van der Waals surface area contributed by atoms with E-state index in [-0.39, 0.29) is 0 Å². The molecule has 0 aromatic carbocycles. The number of methoxy groups -OCH3 is 1. The molecule has 0 unspecified atom stereocenters. The van der Waals surface area contributed by atoms with Crippen molar-refractivity contribution >= 4 is 5.82 Å². The highest BCUT2D eigenvalue weighted by Crippen LogP contribution is 2.20. The zero-order chi connectivity index (χ0) is 16.9. The van der Waals surface area contributed by atoms with Gasteiger partial charge in [-0.25, -0.2) is 4.98 Å². The average molecular weight is 325 g/mol. The van der Waals surface area contributed by atoms with Gasteiger partial charge in [0.1, 0.15) is 12.4 Å². The lowest BCUT2D eigenvalue weighted by Crippen LogP contribution is -2.18. The number of aromatic nitrogens is 4. The summed E-state index contributed by atoms with van der Waals surface area (Å²) in [5.41, 5.74) is 3.17. The van der Waals surface area contributed by atoms with Gasteiger partial charge in [-0.2, -0.15) is 4.98 Å². The molecule has 0 aliphatic carbocycles. The molecule has 0 aliphatic rings. The van der Waals surface area contributed by atoms with Crippen LogP contribution in [-0.4, -0.2) is 34.3 Å². The number of ether oxygens (including phenoxy) is 1. The van der Waals surface area contributed by atoms with E-state index in [1.165, 1.54) is 5.56 Å². The number of nitrogens with zero attached hydrogens (tertiary/aromatic N) is 5. The summed E-state index contributed by atoms with van der Waals surface area (Å²) in [7, 11) is 3.60. The highest BCUT2D eigenvalue weighted by Gasteiger charge is 2.11. The highest BCUT2D eigenvalue weighted by atomic mass is 16.5. The van der Waals surface area contributed by atoms with E-state index in [9.17, 15) is 0 Å². The molecule has 0 fully saturated rings. The average Bonchev–Trinajstić information content (AvgIpc) is 3.06. The molecule has 0 N–H and O–H groups in total. The van der Waals surface area contributed by atoms with Gasteiger partial charge in [0.15, 0.2) is 5.82 Å². The van der Waals surface area contributed by atoms with Crippen LogP contribution < -0.4 is 4.90 Å². The summed E-state index contributed by atoms with van der Waals surface area (Å²) in [6.45, 7) is 3.14. The Morgan fingerprint density at radius 2 is 2.08 bits per heavy atom. The van der Waals surface area contributed by atoms with E-state index in [4.69, 9.17) is 9.26 Å². The van der Waals surface area contributed by atoms with Crippen molar-refractivity contribution in [2.45, 2.75) is 20.1 Å². The van der Waals surface area contributed by atoms with Crippen LogP contribution in [-0.2, 0) is 17.9 Å². The molecule has 3 heterocycles. The minimum absolute atomic E-state index is 0.322. The van der Waals surface area contributed by atoms with E-state index >= 15 is 0 Å². The largest absolute Gasteiger partial charge is 0.377 e. The minimum Gasteiger partial charge on any atom is -0.377 e. The van der Waals surface area contributed by atoms with Crippen LogP contribution in [0.25, 0.3) is 11.5 Å². The maximum Gasteiger partial charge on any atom is 0.259 e. The summed E-state index contributed by atoms with van der Waals surface area (Å²) < 4.78 is 10.2. The molecule has 0 spiro atoms. The predicted molar refractivity (Wildman–Crippen MR) is 89.3 cm³/mol. The first-order chi connectivity index (χ1) is 11.7. The predicted octanol–water partition coefficient (Wildman–Crippen LogP) is 2.62. The third-order valence-corrected chi connectivity index (χ3v) is 3.67. The summed E-state index contributed by atoms with van der Waals surface area (Å²) in [5, 5.41) is 3.85. The molecule has 0 bridgehead atoms. The molecule has 3 aromatic heterocycles. The van der Waals surface area contributed by atoms with Gasteiger partial charge in [-0.1, -0.05) is 5.16 Å². The quantitative estimate of drug-likeness (QED) is 0.689. The molecule has 0 aliphatic heterocycles. The Balaban J connectivity index is 1.72. The molecular weight excluding hydrogens is 306 g/mol. The maximum absolute atomic E-state index is 5.21. The van der Waals surface area contributed by atoms with Gasteiger partial charge >= 0.3 is 0 Å². The van der Waals surface area contributed by atoms with Crippen molar-refractivity contribution in [3.8, 4) is 11.5 Å². The molecule has 7 heteroatoms. The number of pyridine rings is 2. The van der Waals surface area contributed by atoms with Crippen LogP contribution in [0.3, 0.4) is 0 Å². The van der Waals surface area contributed by atoms with Gasteiger partial charge in [0.05, 0.1) is 5.56 Å². The van der Waals surface area contributed by atoms with Crippen LogP contribution >= 0.6 is 0 Å². The third-order valence-electron chi connectivity index (χ3n) is 3.67. The monoisotopic (exact) mass is 325 g/mol. The molecule has 0 saturated heterocycles. The number of aryl methyl sites for hydroxylation is 1. The van der Waals surface area contributed by atoms with Crippen LogP contribution in [0.4, 0.5) is 5.82 Å². The molecule has 124 valence electrons. The van der Waals surface area contributed by atoms with E-state index in [1.807, 2.05) is 31.4 Å². The number of hydrogen-bond donors (Lipinski definition) is 0. The lowest BCUT2D eigenvalue weighted by atomic mass is 10.1. The first-order valence-corrected chi connectivity index (χ1v) is 7.56. The van der Waals surface area contributed by atoms with Crippen LogP contribution in [0.5, 0.6) is 0 Å². The lowest BCUT2D eigenvalue weighted by Gasteiger charge is -2.19. The zero-order valence-corrected chi connectivity index (χ0v) is 13.9. The van der Waals surface area contributed by atoms with E-state index in [2.05, 4.69) is 31.9 Å². The fourth-order valence-electron chi connectivity index (χ4n) is 2.31. The SMILES string of the molecule is COCc1noc(-c2ccc(N(C)Cc3ccncc3C)nc2)n1. The summed E-state index contributed by atoms with van der Waals surface area (Å²) in [6, 6.07) is 5.88. The summed E-state index contributed by atoms with van der Waals surface area (Å²) in [5.74, 6) is 1.82. The van der Waals surface area contributed by atoms with E-state index < -0.39 is 0 Å². The van der Waals surface area contributed by atoms with Crippen LogP contribution in [0.1, 0.15) is 17.0 Å². The normalized spacial score (nSPS) is 10.8. The number of hydrogen-bond acceptors (Lipinski definition) is 7. The summed E-state index contributed by atoms with van der Waals surface area (Å²) >= 11 is 0. The number of anilines is 1. The van der Waals surface area contributed by atoms with Crippen LogP contribution in [0, 0.1) is 6.92 Å². The maximum atomic E-state index is 5.21. The second-order valence-electron chi connectivity index (χ2n) is 5.51. The van der Waals surface area contributed by atoms with E-state index in [0.717, 1.165) is 23.5 Å². The smallest absolute Gasteiger partial charge is 0.259 e. The molecular formula is C17H19N5O2. The van der Waals surface area contributed by atoms with Gasteiger partial charge in [0.2, 0.25) is 0 Å². The Labute approximate surface area is 140 Å². The van der Waals surface area contributed by atoms with Gasteiger partial charge in [-0.3, -0.25) is 4.98 Å². The minimum atomic E-state index is 0.322. The standard InChI is InChI=1S/C17H19N5O2/c1-12-8-18-7-6-14(12)10-22(2)16-5-4-13(9-19-16)17-20-15(11-23-3)21-24-17/h4-9H,10-11H2,1-3H3. The molecule has 7 nitrogen and oxygen atoms in total. The fourth-order valence-corrected chi connectivity index (χ4v) is 2.31. The second kappa shape index (κ2) is 7.18. The van der Waals surface area contributed by atoms with Gasteiger partial charge in [-0.15, -0.1) is 0 Å². The van der Waals surface area contributed by atoms with Crippen molar-refractivity contribution in [2.24, 2.45) is 0 Å². The Hall–Kier alpha value is -2.80. The molecule has 0 atom stereocenters. The van der Waals surface area contributed by atoms with E-state index in [1.54, 1.807) is 19.5 Å². The lowest BCUT2D eigenvalue weighted by molar-refractivity contribution is 0.174. The third kappa shape index (κ3) is 3.57. The molecule has 0 amide bonds. The van der Waals surface area contributed by atoms with Crippen LogP contribution in [0.2, 0.25) is 0 Å².